The summed E-state index contributed by atoms with van der Waals surface area (Å²) in [6, 6.07) is 0. The van der Waals surface area contributed by atoms with Crippen LogP contribution < -0.4 is 0 Å². The molecule has 10 heteroatoms. The molecule has 154 valence electrons. The van der Waals surface area contributed by atoms with Crippen LogP contribution in [0.5, 0.6) is 0 Å². The van der Waals surface area contributed by atoms with Gasteiger partial charge in [-0.15, -0.1) is 0 Å². The van der Waals surface area contributed by atoms with Crippen molar-refractivity contribution in [2.75, 3.05) is 75.4 Å². The summed E-state index contributed by atoms with van der Waals surface area (Å²) >= 11 is 0. The maximum absolute atomic E-state index is 10.4. The SMILES string of the molecule is C.CCOC(=O)COC.COCCOOC.COCOC(=O)COC. The summed E-state index contributed by atoms with van der Waals surface area (Å²) in [7, 11) is 7.40. The summed E-state index contributed by atoms with van der Waals surface area (Å²) in [6.45, 7) is 3.26. The molecule has 0 saturated heterocycles. The zero-order chi connectivity index (χ0) is 19.1. The minimum Gasteiger partial charge on any atom is -0.464 e. The Kier molecular flexibility index (Phi) is 38.5. The first-order valence-electron chi connectivity index (χ1n) is 6.96. The van der Waals surface area contributed by atoms with Gasteiger partial charge in [0.2, 0.25) is 0 Å². The molecular formula is C15H34O10. The van der Waals surface area contributed by atoms with E-state index >= 15 is 0 Å². The highest BCUT2D eigenvalue weighted by atomic mass is 17.2. The molecule has 0 aromatic carbocycles. The number of methoxy groups -OCH3 is 4. The molecular weight excluding hydrogens is 340 g/mol. The summed E-state index contributed by atoms with van der Waals surface area (Å²) in [5, 5.41) is 0. The van der Waals surface area contributed by atoms with Crippen LogP contribution >= 0.6 is 0 Å². The van der Waals surface area contributed by atoms with Gasteiger partial charge < -0.3 is 28.4 Å². The summed E-state index contributed by atoms with van der Waals surface area (Å²) in [6.07, 6.45) is 0. The first kappa shape index (κ1) is 31.5. The van der Waals surface area contributed by atoms with Crippen molar-refractivity contribution in [1.29, 1.82) is 0 Å². The molecule has 25 heavy (non-hydrogen) atoms. The first-order chi connectivity index (χ1) is 11.5. The lowest BCUT2D eigenvalue weighted by Gasteiger charge is -1.99. The molecule has 0 aliphatic carbocycles. The monoisotopic (exact) mass is 374 g/mol. The van der Waals surface area contributed by atoms with Gasteiger partial charge in [-0.25, -0.2) is 19.4 Å². The van der Waals surface area contributed by atoms with Crippen molar-refractivity contribution < 1.29 is 47.8 Å². The van der Waals surface area contributed by atoms with Gasteiger partial charge in [0, 0.05) is 28.4 Å². The summed E-state index contributed by atoms with van der Waals surface area (Å²) < 4.78 is 27.0. The largest absolute Gasteiger partial charge is 0.464 e. The Morgan fingerprint density at radius 2 is 1.24 bits per heavy atom. The van der Waals surface area contributed by atoms with Crippen molar-refractivity contribution in [2.45, 2.75) is 14.4 Å². The van der Waals surface area contributed by atoms with Crippen LogP contribution in [0.2, 0.25) is 0 Å². The van der Waals surface area contributed by atoms with Gasteiger partial charge in [0.05, 0.1) is 20.3 Å². The van der Waals surface area contributed by atoms with Gasteiger partial charge in [0.1, 0.15) is 19.8 Å². The average molecular weight is 374 g/mol. The van der Waals surface area contributed by atoms with Gasteiger partial charge in [0.15, 0.2) is 6.79 Å². The lowest BCUT2D eigenvalue weighted by atomic mass is 10.7. The van der Waals surface area contributed by atoms with Crippen molar-refractivity contribution >= 4 is 11.9 Å². The normalized spacial score (nSPS) is 8.72. The van der Waals surface area contributed by atoms with E-state index < -0.39 is 5.97 Å². The molecule has 0 amide bonds. The molecule has 0 bridgehead atoms. The summed E-state index contributed by atoms with van der Waals surface area (Å²) in [4.78, 5) is 29.4. The van der Waals surface area contributed by atoms with Gasteiger partial charge in [0.25, 0.3) is 0 Å². The van der Waals surface area contributed by atoms with Gasteiger partial charge >= 0.3 is 11.9 Å². The lowest BCUT2D eigenvalue weighted by Crippen LogP contribution is -2.12. The van der Waals surface area contributed by atoms with Gasteiger partial charge in [-0.3, -0.25) is 0 Å². The van der Waals surface area contributed by atoms with Crippen molar-refractivity contribution in [3.63, 3.8) is 0 Å². The highest BCUT2D eigenvalue weighted by Crippen LogP contribution is 1.78. The molecule has 0 N–H and O–H groups in total. The summed E-state index contributed by atoms with van der Waals surface area (Å²) in [5.41, 5.74) is 0. The molecule has 0 aromatic heterocycles. The standard InChI is InChI=1S/C5H10O4.C5H10O3.C4H10O3.CH4/c1-7-3-5(6)9-4-8-2;1-3-8-5(6)4-7-2;1-5-3-4-7-6-2;/h3-4H2,1-2H3;3-4H2,1-2H3;3-4H2,1-2H3;1H4. The second-order valence-electron chi connectivity index (χ2n) is 3.58. The second kappa shape index (κ2) is 30.6. The Morgan fingerprint density at radius 3 is 1.60 bits per heavy atom. The minimum atomic E-state index is -0.417. The maximum atomic E-state index is 10.4. The minimum absolute atomic E-state index is 0. The van der Waals surface area contributed by atoms with E-state index in [0.29, 0.717) is 19.8 Å². The highest BCUT2D eigenvalue weighted by molar-refractivity contribution is 5.70. The van der Waals surface area contributed by atoms with Gasteiger partial charge in [-0.2, -0.15) is 0 Å². The van der Waals surface area contributed by atoms with E-state index in [9.17, 15) is 9.59 Å². The molecule has 0 heterocycles. The molecule has 0 rings (SSSR count). The molecule has 0 aliphatic rings. The third kappa shape index (κ3) is 39.5. The van der Waals surface area contributed by atoms with E-state index in [1.807, 2.05) is 0 Å². The molecule has 0 fully saturated rings. The van der Waals surface area contributed by atoms with Crippen LogP contribution in [-0.2, 0) is 47.8 Å². The van der Waals surface area contributed by atoms with Crippen LogP contribution in [-0.4, -0.2) is 87.3 Å². The van der Waals surface area contributed by atoms with Crippen LogP contribution in [0.1, 0.15) is 14.4 Å². The highest BCUT2D eigenvalue weighted by Gasteiger charge is 1.98. The van der Waals surface area contributed by atoms with E-state index in [1.165, 1.54) is 28.4 Å². The Morgan fingerprint density at radius 1 is 0.720 bits per heavy atom. The van der Waals surface area contributed by atoms with Crippen LogP contribution in [0.4, 0.5) is 0 Å². The number of ether oxygens (including phenoxy) is 6. The summed E-state index contributed by atoms with van der Waals surface area (Å²) in [5.74, 6) is -0.727. The predicted octanol–water partition coefficient (Wildman–Crippen LogP) is 0.823. The van der Waals surface area contributed by atoms with Crippen LogP contribution in [0.15, 0.2) is 0 Å². The third-order valence-electron chi connectivity index (χ3n) is 1.66. The third-order valence-corrected chi connectivity index (χ3v) is 1.66. The fourth-order valence-corrected chi connectivity index (χ4v) is 0.805. The average Bonchev–Trinajstić information content (AvgIpc) is 2.55. The van der Waals surface area contributed by atoms with Crippen molar-refractivity contribution in [1.82, 2.24) is 0 Å². The molecule has 0 saturated carbocycles. The number of hydrogen-bond donors (Lipinski definition) is 0. The Balaban J connectivity index is -0.000000131. The fourth-order valence-electron chi connectivity index (χ4n) is 0.805. The molecule has 0 aromatic rings. The van der Waals surface area contributed by atoms with E-state index in [0.717, 1.165) is 0 Å². The van der Waals surface area contributed by atoms with Crippen molar-refractivity contribution in [3.05, 3.63) is 0 Å². The molecule has 0 unspecified atom stereocenters. The zero-order valence-electron chi connectivity index (χ0n) is 15.3. The molecule has 0 aliphatic heterocycles. The van der Waals surface area contributed by atoms with E-state index in [2.05, 4.69) is 38.2 Å². The fraction of sp³-hybridized carbons (Fsp3) is 0.867. The number of esters is 2. The molecule has 0 atom stereocenters. The Labute approximate surface area is 150 Å². The number of rotatable bonds is 11. The quantitative estimate of drug-likeness (QED) is 0.169. The van der Waals surface area contributed by atoms with E-state index in [1.54, 1.807) is 14.0 Å². The van der Waals surface area contributed by atoms with E-state index in [-0.39, 0.29) is 33.4 Å². The van der Waals surface area contributed by atoms with Gasteiger partial charge in [-0.05, 0) is 6.92 Å². The molecule has 0 spiro atoms. The Bertz CT molecular complexity index is 249. The number of carbonyl (C=O) groups excluding carboxylic acids is 2. The van der Waals surface area contributed by atoms with Crippen LogP contribution in [0, 0.1) is 0 Å². The second-order valence-corrected chi connectivity index (χ2v) is 3.58. The smallest absolute Gasteiger partial charge is 0.334 e. The zero-order valence-corrected chi connectivity index (χ0v) is 15.3. The van der Waals surface area contributed by atoms with Crippen LogP contribution in [0.3, 0.4) is 0 Å². The maximum Gasteiger partial charge on any atom is 0.334 e. The predicted molar refractivity (Wildman–Crippen MR) is 89.9 cm³/mol. The van der Waals surface area contributed by atoms with Crippen molar-refractivity contribution in [2.24, 2.45) is 0 Å². The Hall–Kier alpha value is -1.30. The molecule has 0 radical (unpaired) electrons. The first-order valence-corrected chi connectivity index (χ1v) is 6.96. The number of carbonyl (C=O) groups is 2. The van der Waals surface area contributed by atoms with E-state index in [4.69, 9.17) is 0 Å². The lowest BCUT2D eigenvalue weighted by molar-refractivity contribution is -0.276. The van der Waals surface area contributed by atoms with Crippen molar-refractivity contribution in [3.8, 4) is 0 Å². The van der Waals surface area contributed by atoms with Crippen LogP contribution in [0.25, 0.3) is 0 Å². The molecule has 10 nitrogen and oxygen atoms in total. The topological polar surface area (TPSA) is 108 Å². The van der Waals surface area contributed by atoms with Gasteiger partial charge in [-0.1, -0.05) is 7.43 Å². The number of hydrogen-bond acceptors (Lipinski definition) is 10.